The molecule has 3 heterocycles. The van der Waals surface area contributed by atoms with Gasteiger partial charge in [-0.15, -0.1) is 0 Å². The Labute approximate surface area is 174 Å². The second kappa shape index (κ2) is 10.2. The van der Waals surface area contributed by atoms with Crippen molar-refractivity contribution in [3.8, 4) is 0 Å². The molecule has 1 saturated heterocycles. The van der Waals surface area contributed by atoms with Gasteiger partial charge in [-0.25, -0.2) is 4.98 Å². The van der Waals surface area contributed by atoms with E-state index in [0.29, 0.717) is 11.8 Å². The molecular weight excluding hydrogens is 393 g/mol. The van der Waals surface area contributed by atoms with Gasteiger partial charge in [0, 0.05) is 30.7 Å². The number of amidine groups is 1. The number of thioether (sulfide) groups is 1. The van der Waals surface area contributed by atoms with Crippen LogP contribution in [0.4, 0.5) is 4.39 Å². The van der Waals surface area contributed by atoms with Gasteiger partial charge in [-0.05, 0) is 39.0 Å². The normalized spacial score (nSPS) is 17.3. The molecule has 1 fully saturated rings. The molecular formula is C20H26FN5O2S. The Hall–Kier alpha value is -2.68. The van der Waals surface area contributed by atoms with E-state index in [1.807, 2.05) is 16.8 Å². The summed E-state index contributed by atoms with van der Waals surface area (Å²) >= 11 is 1.63. The largest absolute Gasteiger partial charge is 0.356 e. The molecule has 1 aliphatic rings. The molecule has 3 rings (SSSR count). The Balaban J connectivity index is 0.000000207. The molecule has 1 aliphatic heterocycles. The van der Waals surface area contributed by atoms with Crippen molar-refractivity contribution in [3.63, 3.8) is 0 Å². The third-order valence-corrected chi connectivity index (χ3v) is 5.13. The molecule has 0 radical (unpaired) electrons. The lowest BCUT2D eigenvalue weighted by Gasteiger charge is -2.20. The van der Waals surface area contributed by atoms with Gasteiger partial charge in [0.15, 0.2) is 5.17 Å². The minimum absolute atomic E-state index is 0.0385. The Morgan fingerprint density at radius 3 is 2.76 bits per heavy atom. The Kier molecular flexibility index (Phi) is 7.95. The first-order chi connectivity index (χ1) is 13.7. The van der Waals surface area contributed by atoms with Gasteiger partial charge in [-0.2, -0.15) is 4.39 Å². The Morgan fingerprint density at radius 1 is 1.45 bits per heavy atom. The van der Waals surface area contributed by atoms with Crippen LogP contribution in [0.1, 0.15) is 42.9 Å². The minimum atomic E-state index is -0.434. The fraction of sp³-hybridized carbons (Fsp3) is 0.400. The van der Waals surface area contributed by atoms with E-state index in [4.69, 9.17) is 0 Å². The van der Waals surface area contributed by atoms with Crippen molar-refractivity contribution in [1.29, 1.82) is 0 Å². The van der Waals surface area contributed by atoms with Gasteiger partial charge in [0.05, 0.1) is 23.8 Å². The monoisotopic (exact) mass is 419 g/mol. The SMILES string of the molecule is CC(C)(C)n1ccc(C(=O)NCC=O)c1.CN=C1NC(c2cccc(F)n2)CS1. The van der Waals surface area contributed by atoms with Crippen LogP contribution in [0.15, 0.2) is 41.7 Å². The van der Waals surface area contributed by atoms with Crippen molar-refractivity contribution < 1.29 is 14.0 Å². The molecule has 2 N–H and O–H groups in total. The van der Waals surface area contributed by atoms with Crippen molar-refractivity contribution >= 4 is 29.1 Å². The number of aliphatic imine (C=N–C) groups is 1. The number of aromatic nitrogens is 2. The lowest BCUT2D eigenvalue weighted by Crippen LogP contribution is -2.25. The van der Waals surface area contributed by atoms with Crippen LogP contribution in [0.25, 0.3) is 0 Å². The van der Waals surface area contributed by atoms with Gasteiger partial charge in [-0.3, -0.25) is 9.79 Å². The first-order valence-corrected chi connectivity index (χ1v) is 10.1. The molecule has 0 bridgehead atoms. The van der Waals surface area contributed by atoms with Gasteiger partial charge in [0.2, 0.25) is 5.95 Å². The van der Waals surface area contributed by atoms with Crippen LogP contribution in [0.5, 0.6) is 0 Å². The first-order valence-electron chi connectivity index (χ1n) is 9.13. The van der Waals surface area contributed by atoms with E-state index < -0.39 is 5.95 Å². The highest BCUT2D eigenvalue weighted by Gasteiger charge is 2.22. The summed E-state index contributed by atoms with van der Waals surface area (Å²) in [6.07, 6.45) is 4.30. The van der Waals surface area contributed by atoms with E-state index in [-0.39, 0.29) is 24.0 Å². The number of carbonyl (C=O) groups is 2. The molecule has 1 amide bonds. The van der Waals surface area contributed by atoms with Gasteiger partial charge >= 0.3 is 0 Å². The van der Waals surface area contributed by atoms with Crippen LogP contribution in [-0.2, 0) is 10.3 Å². The highest BCUT2D eigenvalue weighted by Crippen LogP contribution is 2.24. The molecule has 0 spiro atoms. The van der Waals surface area contributed by atoms with E-state index in [2.05, 4.69) is 41.4 Å². The summed E-state index contributed by atoms with van der Waals surface area (Å²) in [5.74, 6) is 0.199. The van der Waals surface area contributed by atoms with Crippen molar-refractivity contribution in [2.24, 2.45) is 4.99 Å². The number of pyridine rings is 1. The summed E-state index contributed by atoms with van der Waals surface area (Å²) in [6, 6.07) is 6.66. The van der Waals surface area contributed by atoms with E-state index in [0.717, 1.165) is 16.6 Å². The lowest BCUT2D eigenvalue weighted by molar-refractivity contribution is -0.107. The van der Waals surface area contributed by atoms with E-state index in [1.54, 1.807) is 37.1 Å². The van der Waals surface area contributed by atoms with Gasteiger partial charge in [0.25, 0.3) is 5.91 Å². The highest BCUT2D eigenvalue weighted by atomic mass is 32.2. The van der Waals surface area contributed by atoms with Crippen LogP contribution in [-0.4, -0.2) is 46.3 Å². The van der Waals surface area contributed by atoms with E-state index in [9.17, 15) is 14.0 Å². The van der Waals surface area contributed by atoms with Gasteiger partial charge < -0.3 is 20.0 Å². The Bertz CT molecular complexity index is 876. The van der Waals surface area contributed by atoms with Crippen LogP contribution in [0.2, 0.25) is 0 Å². The summed E-state index contributed by atoms with van der Waals surface area (Å²) in [6.45, 7) is 6.22. The highest BCUT2D eigenvalue weighted by molar-refractivity contribution is 8.14. The number of halogens is 1. The second-order valence-corrected chi connectivity index (χ2v) is 8.29. The molecule has 0 saturated carbocycles. The van der Waals surface area contributed by atoms with Crippen LogP contribution in [0, 0.1) is 5.95 Å². The quantitative estimate of drug-likeness (QED) is 0.588. The van der Waals surface area contributed by atoms with Crippen LogP contribution >= 0.6 is 11.8 Å². The number of hydrogen-bond acceptors (Lipinski definition) is 5. The average Bonchev–Trinajstić information content (AvgIpc) is 3.36. The topological polar surface area (TPSA) is 88.4 Å². The molecule has 1 unspecified atom stereocenters. The van der Waals surface area contributed by atoms with Crippen molar-refractivity contribution in [3.05, 3.63) is 53.9 Å². The molecule has 0 aliphatic carbocycles. The molecule has 29 heavy (non-hydrogen) atoms. The van der Waals surface area contributed by atoms with Crippen LogP contribution in [0.3, 0.4) is 0 Å². The molecule has 156 valence electrons. The third kappa shape index (κ3) is 6.70. The van der Waals surface area contributed by atoms with Gasteiger partial charge in [0.1, 0.15) is 6.29 Å². The smallest absolute Gasteiger partial charge is 0.253 e. The number of amides is 1. The fourth-order valence-corrected chi connectivity index (χ4v) is 3.42. The predicted octanol–water partition coefficient (Wildman–Crippen LogP) is 2.76. The third-order valence-electron chi connectivity index (χ3n) is 4.06. The molecule has 1 atom stereocenters. The number of rotatable bonds is 4. The summed E-state index contributed by atoms with van der Waals surface area (Å²) in [7, 11) is 1.73. The van der Waals surface area contributed by atoms with Gasteiger partial charge in [-0.1, -0.05) is 17.8 Å². The number of aldehydes is 1. The van der Waals surface area contributed by atoms with E-state index in [1.165, 1.54) is 6.07 Å². The first kappa shape index (κ1) is 22.6. The zero-order valence-corrected chi connectivity index (χ0v) is 17.8. The maximum Gasteiger partial charge on any atom is 0.253 e. The van der Waals surface area contributed by atoms with Crippen molar-refractivity contribution in [1.82, 2.24) is 20.2 Å². The molecule has 9 heteroatoms. The van der Waals surface area contributed by atoms with Crippen molar-refractivity contribution in [2.75, 3.05) is 19.3 Å². The number of nitrogens with one attached hydrogen (secondary N) is 2. The number of nitrogens with zero attached hydrogens (tertiary/aromatic N) is 3. The summed E-state index contributed by atoms with van der Waals surface area (Å²) in [5.41, 5.74) is 1.27. The number of hydrogen-bond donors (Lipinski definition) is 2. The second-order valence-electron chi connectivity index (χ2n) is 7.28. The van der Waals surface area contributed by atoms with Crippen molar-refractivity contribution in [2.45, 2.75) is 32.4 Å². The maximum absolute atomic E-state index is 12.8. The zero-order valence-electron chi connectivity index (χ0n) is 17.0. The average molecular weight is 420 g/mol. The summed E-state index contributed by atoms with van der Waals surface area (Å²) < 4.78 is 14.8. The lowest BCUT2D eigenvalue weighted by atomic mass is 10.1. The standard InChI is InChI=1S/C11H16N2O2.C9H10FN3S/c1-11(2,3)13-6-4-9(8-13)10(15)12-5-7-14;1-11-9-13-7(5-14-9)6-3-2-4-8(10)12-6/h4,6-8H,5H2,1-3H3,(H,12,15);2-4,7H,5H2,1H3,(H,11,13). The summed E-state index contributed by atoms with van der Waals surface area (Å²) in [5, 5.41) is 6.55. The molecule has 2 aromatic heterocycles. The van der Waals surface area contributed by atoms with Crippen LogP contribution < -0.4 is 10.6 Å². The van der Waals surface area contributed by atoms with E-state index >= 15 is 0 Å². The number of carbonyl (C=O) groups excluding carboxylic acids is 2. The minimum Gasteiger partial charge on any atom is -0.356 e. The summed E-state index contributed by atoms with van der Waals surface area (Å²) in [4.78, 5) is 29.4. The Morgan fingerprint density at radius 2 is 2.21 bits per heavy atom. The molecule has 7 nitrogen and oxygen atoms in total. The fourth-order valence-electron chi connectivity index (χ4n) is 2.49. The zero-order chi connectivity index (χ0) is 21.4. The maximum atomic E-state index is 12.8. The predicted molar refractivity (Wildman–Crippen MR) is 114 cm³/mol. The molecule has 2 aromatic rings. The molecule has 0 aromatic carbocycles.